The molecule has 1 saturated carbocycles. The SMILES string of the molecule is NS(=O)(=O)c1n[nH]c(C2CC2)n1. The summed E-state index contributed by atoms with van der Waals surface area (Å²) in [5.74, 6) is 0.979. The first-order valence-electron chi connectivity index (χ1n) is 3.52. The minimum absolute atomic E-state index is 0.315. The van der Waals surface area contributed by atoms with Gasteiger partial charge in [-0.05, 0) is 12.8 Å². The van der Waals surface area contributed by atoms with Crippen LogP contribution in [0.5, 0.6) is 0 Å². The van der Waals surface area contributed by atoms with Crippen molar-refractivity contribution in [3.8, 4) is 0 Å². The third kappa shape index (κ3) is 1.32. The fourth-order valence-electron chi connectivity index (χ4n) is 0.925. The monoisotopic (exact) mass is 188 g/mol. The first-order valence-corrected chi connectivity index (χ1v) is 5.07. The van der Waals surface area contributed by atoms with Crippen LogP contribution in [0.25, 0.3) is 0 Å². The number of H-pyrrole nitrogens is 1. The molecular formula is C5H8N4O2S. The number of aromatic nitrogens is 3. The average Bonchev–Trinajstić information content (AvgIpc) is 2.66. The third-order valence-corrected chi connectivity index (χ3v) is 2.39. The van der Waals surface area contributed by atoms with Gasteiger partial charge in [-0.3, -0.25) is 5.10 Å². The molecule has 0 atom stereocenters. The summed E-state index contributed by atoms with van der Waals surface area (Å²) in [5, 5.41) is 10.6. The molecule has 0 unspecified atom stereocenters. The van der Waals surface area contributed by atoms with Crippen LogP contribution in [0, 0.1) is 0 Å². The van der Waals surface area contributed by atoms with Crippen molar-refractivity contribution < 1.29 is 8.42 Å². The highest BCUT2D eigenvalue weighted by atomic mass is 32.2. The molecule has 7 heteroatoms. The van der Waals surface area contributed by atoms with Gasteiger partial charge in [0, 0.05) is 5.92 Å². The molecule has 6 nitrogen and oxygen atoms in total. The Bertz CT molecular complexity index is 391. The molecule has 66 valence electrons. The molecule has 0 aromatic carbocycles. The van der Waals surface area contributed by atoms with E-state index in [1.807, 2.05) is 0 Å². The molecule has 0 radical (unpaired) electrons. The summed E-state index contributed by atoms with van der Waals surface area (Å²) in [6.07, 6.45) is 2.08. The van der Waals surface area contributed by atoms with E-state index in [4.69, 9.17) is 5.14 Å². The van der Waals surface area contributed by atoms with Gasteiger partial charge in [-0.1, -0.05) is 0 Å². The van der Waals surface area contributed by atoms with Gasteiger partial charge in [0.2, 0.25) is 0 Å². The zero-order chi connectivity index (χ0) is 8.77. The molecule has 0 spiro atoms. The lowest BCUT2D eigenvalue weighted by molar-refractivity contribution is 0.589. The second-order valence-electron chi connectivity index (χ2n) is 2.82. The Balaban J connectivity index is 2.35. The summed E-state index contributed by atoms with van der Waals surface area (Å²) >= 11 is 0. The molecule has 1 heterocycles. The van der Waals surface area contributed by atoms with Crippen LogP contribution < -0.4 is 5.14 Å². The molecule has 1 aromatic rings. The molecule has 0 amide bonds. The van der Waals surface area contributed by atoms with Crippen molar-refractivity contribution in [2.45, 2.75) is 23.9 Å². The molecule has 0 bridgehead atoms. The van der Waals surface area contributed by atoms with E-state index < -0.39 is 10.0 Å². The topological polar surface area (TPSA) is 102 Å². The highest BCUT2D eigenvalue weighted by Gasteiger charge is 2.28. The summed E-state index contributed by atoms with van der Waals surface area (Å²) in [7, 11) is -3.74. The van der Waals surface area contributed by atoms with Crippen LogP contribution in [0.3, 0.4) is 0 Å². The van der Waals surface area contributed by atoms with Crippen molar-refractivity contribution >= 4 is 10.0 Å². The lowest BCUT2D eigenvalue weighted by Crippen LogP contribution is -2.13. The summed E-state index contributed by atoms with van der Waals surface area (Å²) in [6.45, 7) is 0. The zero-order valence-corrected chi connectivity index (χ0v) is 7.00. The molecular weight excluding hydrogens is 180 g/mol. The number of aromatic amines is 1. The van der Waals surface area contributed by atoms with Crippen LogP contribution in [0.2, 0.25) is 0 Å². The number of nitrogens with zero attached hydrogens (tertiary/aromatic N) is 2. The first-order chi connectivity index (χ1) is 5.57. The predicted molar refractivity (Wildman–Crippen MR) is 39.7 cm³/mol. The molecule has 1 fully saturated rings. The van der Waals surface area contributed by atoms with Crippen LogP contribution >= 0.6 is 0 Å². The van der Waals surface area contributed by atoms with Crippen molar-refractivity contribution in [2.24, 2.45) is 5.14 Å². The largest absolute Gasteiger partial charge is 0.282 e. The van der Waals surface area contributed by atoms with Gasteiger partial charge in [-0.2, -0.15) is 0 Å². The fraction of sp³-hybridized carbons (Fsp3) is 0.600. The van der Waals surface area contributed by atoms with Crippen molar-refractivity contribution in [3.63, 3.8) is 0 Å². The molecule has 0 aliphatic heterocycles. The summed E-state index contributed by atoms with van der Waals surface area (Å²) in [6, 6.07) is 0. The second kappa shape index (κ2) is 2.27. The normalized spacial score (nSPS) is 18.1. The van der Waals surface area contributed by atoms with Crippen LogP contribution in [-0.2, 0) is 10.0 Å². The highest BCUT2D eigenvalue weighted by Crippen LogP contribution is 2.37. The summed E-state index contributed by atoms with van der Waals surface area (Å²) in [4.78, 5) is 3.76. The number of nitrogens with two attached hydrogens (primary N) is 1. The van der Waals surface area contributed by atoms with Gasteiger partial charge in [-0.15, -0.1) is 5.10 Å². The van der Waals surface area contributed by atoms with Gasteiger partial charge in [0.05, 0.1) is 0 Å². The lowest BCUT2D eigenvalue weighted by Gasteiger charge is -1.85. The van der Waals surface area contributed by atoms with Crippen molar-refractivity contribution in [1.29, 1.82) is 0 Å². The molecule has 1 aliphatic carbocycles. The van der Waals surface area contributed by atoms with Crippen LogP contribution in [0.1, 0.15) is 24.6 Å². The first kappa shape index (κ1) is 7.69. The van der Waals surface area contributed by atoms with Gasteiger partial charge < -0.3 is 0 Å². The fourth-order valence-corrected chi connectivity index (χ4v) is 1.32. The number of rotatable bonds is 2. The Morgan fingerprint density at radius 3 is 2.58 bits per heavy atom. The second-order valence-corrected chi connectivity index (χ2v) is 4.28. The number of hydrogen-bond donors (Lipinski definition) is 2. The maximum atomic E-state index is 10.7. The Kier molecular flexibility index (Phi) is 1.45. The maximum Gasteiger partial charge on any atom is 0.282 e. The molecule has 2 rings (SSSR count). The quantitative estimate of drug-likeness (QED) is 0.642. The van der Waals surface area contributed by atoms with Crippen molar-refractivity contribution in [2.75, 3.05) is 0 Å². The standard InChI is InChI=1S/C5H8N4O2S/c6-12(10,11)5-7-4(8-9-5)3-1-2-3/h3H,1-2H2,(H2,6,10,11)(H,7,8,9). The molecule has 1 aliphatic rings. The Hall–Kier alpha value is -0.950. The van der Waals surface area contributed by atoms with Gasteiger partial charge >= 0.3 is 0 Å². The number of nitrogens with one attached hydrogen (secondary N) is 1. The number of hydrogen-bond acceptors (Lipinski definition) is 4. The minimum atomic E-state index is -3.74. The number of primary sulfonamides is 1. The van der Waals surface area contributed by atoms with E-state index in [0.29, 0.717) is 11.7 Å². The van der Waals surface area contributed by atoms with Gasteiger partial charge in [0.1, 0.15) is 5.82 Å². The van der Waals surface area contributed by atoms with E-state index in [2.05, 4.69) is 15.2 Å². The molecule has 3 N–H and O–H groups in total. The molecule has 1 aromatic heterocycles. The van der Waals surface area contributed by atoms with Crippen molar-refractivity contribution in [1.82, 2.24) is 15.2 Å². The Morgan fingerprint density at radius 2 is 2.17 bits per heavy atom. The predicted octanol–water partition coefficient (Wildman–Crippen LogP) is -0.670. The van der Waals surface area contributed by atoms with Gasteiger partial charge in [0.25, 0.3) is 15.2 Å². The smallest absolute Gasteiger partial charge is 0.262 e. The van der Waals surface area contributed by atoms with Gasteiger partial charge in [0.15, 0.2) is 0 Å². The van der Waals surface area contributed by atoms with E-state index in [-0.39, 0.29) is 5.16 Å². The van der Waals surface area contributed by atoms with Crippen LogP contribution in [0.15, 0.2) is 5.16 Å². The average molecular weight is 188 g/mol. The Labute approximate surface area is 69.2 Å². The highest BCUT2D eigenvalue weighted by molar-refractivity contribution is 7.89. The van der Waals surface area contributed by atoms with E-state index in [1.165, 1.54) is 0 Å². The summed E-state index contributed by atoms with van der Waals surface area (Å²) in [5.41, 5.74) is 0. The van der Waals surface area contributed by atoms with E-state index >= 15 is 0 Å². The molecule has 12 heavy (non-hydrogen) atoms. The lowest BCUT2D eigenvalue weighted by atomic mass is 10.4. The zero-order valence-electron chi connectivity index (χ0n) is 6.19. The molecule has 0 saturated heterocycles. The summed E-state index contributed by atoms with van der Waals surface area (Å²) < 4.78 is 21.4. The maximum absolute atomic E-state index is 10.7. The van der Waals surface area contributed by atoms with E-state index in [1.54, 1.807) is 0 Å². The van der Waals surface area contributed by atoms with Crippen molar-refractivity contribution in [3.05, 3.63) is 5.82 Å². The third-order valence-electron chi connectivity index (χ3n) is 1.70. The van der Waals surface area contributed by atoms with Gasteiger partial charge in [-0.25, -0.2) is 18.5 Å². The van der Waals surface area contributed by atoms with Crippen LogP contribution in [0.4, 0.5) is 0 Å². The minimum Gasteiger partial charge on any atom is -0.262 e. The van der Waals surface area contributed by atoms with E-state index in [9.17, 15) is 8.42 Å². The Morgan fingerprint density at radius 1 is 1.50 bits per heavy atom. The number of sulfonamides is 1. The van der Waals surface area contributed by atoms with Crippen LogP contribution in [-0.4, -0.2) is 23.6 Å². The van der Waals surface area contributed by atoms with E-state index in [0.717, 1.165) is 12.8 Å².